The molecule has 18 heavy (non-hydrogen) atoms. The molecule has 100 valence electrons. The number of ether oxygens (including phenoxy) is 1. The monoisotopic (exact) mass is 253 g/mol. The summed E-state index contributed by atoms with van der Waals surface area (Å²) in [5.41, 5.74) is 0.685. The molecule has 1 rings (SSSR count). The predicted molar refractivity (Wildman–Crippen MR) is 70.1 cm³/mol. The van der Waals surface area contributed by atoms with Gasteiger partial charge in [-0.25, -0.2) is 4.39 Å². The van der Waals surface area contributed by atoms with Crippen molar-refractivity contribution in [3.8, 4) is 0 Å². The number of amides is 1. The summed E-state index contributed by atoms with van der Waals surface area (Å²) in [6.45, 7) is 5.20. The quantitative estimate of drug-likeness (QED) is 0.730. The van der Waals surface area contributed by atoms with Crippen molar-refractivity contribution in [1.29, 1.82) is 0 Å². The van der Waals surface area contributed by atoms with Crippen LogP contribution in [-0.4, -0.2) is 26.2 Å². The van der Waals surface area contributed by atoms with Crippen LogP contribution < -0.4 is 4.90 Å². The molecule has 0 aliphatic heterocycles. The molecule has 0 saturated carbocycles. The highest BCUT2D eigenvalue weighted by atomic mass is 19.1. The van der Waals surface area contributed by atoms with E-state index in [0.29, 0.717) is 31.2 Å². The molecule has 3 nitrogen and oxygen atoms in total. The Bertz CT molecular complexity index is 376. The number of carbonyl (C=O) groups excluding carboxylic acids is 1. The largest absolute Gasteiger partial charge is 0.381 e. The van der Waals surface area contributed by atoms with Crippen molar-refractivity contribution in [2.45, 2.75) is 20.3 Å². The lowest BCUT2D eigenvalue weighted by Crippen LogP contribution is -2.27. The van der Waals surface area contributed by atoms with Gasteiger partial charge in [0, 0.05) is 19.3 Å². The lowest BCUT2D eigenvalue weighted by molar-refractivity contribution is -0.119. The van der Waals surface area contributed by atoms with E-state index in [2.05, 4.69) is 13.8 Å². The highest BCUT2D eigenvalue weighted by Gasteiger charge is 2.10. The summed E-state index contributed by atoms with van der Waals surface area (Å²) in [5, 5.41) is 0. The first kappa shape index (κ1) is 14.6. The maximum atomic E-state index is 12.8. The zero-order valence-electron chi connectivity index (χ0n) is 11.1. The van der Waals surface area contributed by atoms with Gasteiger partial charge >= 0.3 is 0 Å². The van der Waals surface area contributed by atoms with Gasteiger partial charge in [0.05, 0.1) is 13.0 Å². The molecule has 0 atom stereocenters. The zero-order valence-corrected chi connectivity index (χ0v) is 11.1. The number of hydrogen-bond acceptors (Lipinski definition) is 2. The Hall–Kier alpha value is -1.42. The molecule has 4 heteroatoms. The van der Waals surface area contributed by atoms with E-state index in [-0.39, 0.29) is 11.7 Å². The van der Waals surface area contributed by atoms with Gasteiger partial charge in [-0.1, -0.05) is 13.8 Å². The maximum absolute atomic E-state index is 12.8. The third-order valence-corrected chi connectivity index (χ3v) is 2.50. The minimum Gasteiger partial charge on any atom is -0.381 e. The number of halogens is 1. The van der Waals surface area contributed by atoms with Crippen LogP contribution in [0, 0.1) is 11.7 Å². The van der Waals surface area contributed by atoms with Crippen LogP contribution in [0.1, 0.15) is 20.3 Å². The van der Waals surface area contributed by atoms with E-state index in [1.54, 1.807) is 19.2 Å². The first-order valence-corrected chi connectivity index (χ1v) is 6.10. The zero-order chi connectivity index (χ0) is 13.5. The molecule has 1 aromatic carbocycles. The number of nitrogens with zero attached hydrogens (tertiary/aromatic N) is 1. The fraction of sp³-hybridized carbons (Fsp3) is 0.500. The fourth-order valence-electron chi connectivity index (χ4n) is 1.45. The minimum absolute atomic E-state index is 0.0367. The van der Waals surface area contributed by atoms with Crippen LogP contribution in [0.2, 0.25) is 0 Å². The van der Waals surface area contributed by atoms with E-state index in [9.17, 15) is 9.18 Å². The highest BCUT2D eigenvalue weighted by molar-refractivity contribution is 5.92. The van der Waals surface area contributed by atoms with Crippen molar-refractivity contribution >= 4 is 11.6 Å². The Balaban J connectivity index is 2.39. The van der Waals surface area contributed by atoms with Crippen molar-refractivity contribution in [3.63, 3.8) is 0 Å². The summed E-state index contributed by atoms with van der Waals surface area (Å²) in [4.78, 5) is 13.3. The SMILES string of the molecule is CC(C)COCCC(=O)N(C)c1ccc(F)cc1. The van der Waals surface area contributed by atoms with E-state index in [1.165, 1.54) is 17.0 Å². The fourth-order valence-corrected chi connectivity index (χ4v) is 1.45. The van der Waals surface area contributed by atoms with Gasteiger partial charge in [-0.2, -0.15) is 0 Å². The Morgan fingerprint density at radius 1 is 1.33 bits per heavy atom. The van der Waals surface area contributed by atoms with Gasteiger partial charge in [0.25, 0.3) is 0 Å². The molecule has 0 N–H and O–H groups in total. The Kier molecular flexibility index (Phi) is 5.78. The van der Waals surface area contributed by atoms with Crippen molar-refractivity contribution in [2.75, 3.05) is 25.2 Å². The standard InChI is InChI=1S/C14H20FNO2/c1-11(2)10-18-9-8-14(17)16(3)13-6-4-12(15)5-7-13/h4-7,11H,8-10H2,1-3H3. The average molecular weight is 253 g/mol. The van der Waals surface area contributed by atoms with E-state index in [4.69, 9.17) is 4.74 Å². The van der Waals surface area contributed by atoms with Crippen molar-refractivity contribution in [1.82, 2.24) is 0 Å². The molecule has 0 radical (unpaired) electrons. The third-order valence-electron chi connectivity index (χ3n) is 2.50. The molecule has 1 amide bonds. The summed E-state index contributed by atoms with van der Waals surface area (Å²) in [5.74, 6) is 0.125. The van der Waals surface area contributed by atoms with Gasteiger partial charge in [-0.3, -0.25) is 4.79 Å². The van der Waals surface area contributed by atoms with E-state index in [1.807, 2.05) is 0 Å². The van der Waals surface area contributed by atoms with E-state index < -0.39 is 0 Å². The highest BCUT2D eigenvalue weighted by Crippen LogP contribution is 2.13. The number of anilines is 1. The van der Waals surface area contributed by atoms with Gasteiger partial charge in [0.1, 0.15) is 5.82 Å². The molecule has 1 aromatic rings. The number of benzene rings is 1. The van der Waals surface area contributed by atoms with E-state index >= 15 is 0 Å². The molecular weight excluding hydrogens is 233 g/mol. The third kappa shape index (κ3) is 4.84. The van der Waals surface area contributed by atoms with Crippen molar-refractivity contribution in [2.24, 2.45) is 5.92 Å². The van der Waals surface area contributed by atoms with Gasteiger partial charge in [0.2, 0.25) is 5.91 Å². The second-order valence-electron chi connectivity index (χ2n) is 4.65. The smallest absolute Gasteiger partial charge is 0.229 e. The minimum atomic E-state index is -0.306. The van der Waals surface area contributed by atoms with Crippen molar-refractivity contribution < 1.29 is 13.9 Å². The molecular formula is C14H20FNO2. The second-order valence-corrected chi connectivity index (χ2v) is 4.65. The van der Waals surface area contributed by atoms with Gasteiger partial charge in [-0.05, 0) is 30.2 Å². The van der Waals surface area contributed by atoms with Crippen LogP contribution in [0.5, 0.6) is 0 Å². The van der Waals surface area contributed by atoms with Crippen LogP contribution in [0.25, 0.3) is 0 Å². The second kappa shape index (κ2) is 7.11. The van der Waals surface area contributed by atoms with Crippen LogP contribution in [-0.2, 0) is 9.53 Å². The van der Waals surface area contributed by atoms with Crippen LogP contribution in [0.3, 0.4) is 0 Å². The Labute approximate surface area is 108 Å². The van der Waals surface area contributed by atoms with Crippen LogP contribution >= 0.6 is 0 Å². The summed E-state index contributed by atoms with van der Waals surface area (Å²) in [6.07, 6.45) is 0.334. The molecule has 0 bridgehead atoms. The van der Waals surface area contributed by atoms with Gasteiger partial charge in [-0.15, -0.1) is 0 Å². The summed E-state index contributed by atoms with van der Waals surface area (Å²) < 4.78 is 18.1. The topological polar surface area (TPSA) is 29.5 Å². The summed E-state index contributed by atoms with van der Waals surface area (Å²) >= 11 is 0. The number of rotatable bonds is 6. The molecule has 0 saturated heterocycles. The first-order valence-electron chi connectivity index (χ1n) is 6.10. The lowest BCUT2D eigenvalue weighted by atomic mass is 10.2. The Morgan fingerprint density at radius 3 is 2.50 bits per heavy atom. The van der Waals surface area contributed by atoms with E-state index in [0.717, 1.165) is 0 Å². The number of hydrogen-bond donors (Lipinski definition) is 0. The van der Waals surface area contributed by atoms with Gasteiger partial charge in [0.15, 0.2) is 0 Å². The molecule has 0 aliphatic rings. The molecule has 0 aromatic heterocycles. The van der Waals surface area contributed by atoms with Crippen LogP contribution in [0.15, 0.2) is 24.3 Å². The Morgan fingerprint density at radius 2 is 1.94 bits per heavy atom. The lowest BCUT2D eigenvalue weighted by Gasteiger charge is -2.17. The maximum Gasteiger partial charge on any atom is 0.229 e. The molecule has 0 unspecified atom stereocenters. The van der Waals surface area contributed by atoms with Crippen LogP contribution in [0.4, 0.5) is 10.1 Å². The first-order chi connectivity index (χ1) is 8.50. The summed E-state index contributed by atoms with van der Waals surface area (Å²) in [6, 6.07) is 5.85. The molecule has 0 aliphatic carbocycles. The normalized spacial score (nSPS) is 10.7. The van der Waals surface area contributed by atoms with Gasteiger partial charge < -0.3 is 9.64 Å². The molecule has 0 heterocycles. The molecule has 0 spiro atoms. The molecule has 0 fully saturated rings. The summed E-state index contributed by atoms with van der Waals surface area (Å²) in [7, 11) is 1.68. The number of carbonyl (C=O) groups is 1. The predicted octanol–water partition coefficient (Wildman–Crippen LogP) is 2.85. The van der Waals surface area contributed by atoms with Crippen molar-refractivity contribution in [3.05, 3.63) is 30.1 Å². The average Bonchev–Trinajstić information content (AvgIpc) is 2.34.